The van der Waals surface area contributed by atoms with E-state index in [-0.39, 0.29) is 35.2 Å². The molecule has 2 heterocycles. The van der Waals surface area contributed by atoms with Gasteiger partial charge in [0, 0.05) is 36.6 Å². The Kier molecular flexibility index (Phi) is 9.67. The largest absolute Gasteiger partial charge is 0.381 e. The van der Waals surface area contributed by atoms with Gasteiger partial charge < -0.3 is 15.4 Å². The van der Waals surface area contributed by atoms with Gasteiger partial charge in [0.2, 0.25) is 0 Å². The molecule has 4 nitrogen and oxygen atoms in total. The molecule has 28 heavy (non-hydrogen) atoms. The van der Waals surface area contributed by atoms with Crippen molar-refractivity contribution in [3.63, 3.8) is 0 Å². The second-order valence-corrected chi connectivity index (χ2v) is 7.89. The number of guanidine groups is 1. The SMILES string of the molecule is CCNC(=NCC1(c2cccc(F)c2)CCOCC1)NCCc1cccs1.I. The van der Waals surface area contributed by atoms with Gasteiger partial charge in [-0.25, -0.2) is 4.39 Å². The summed E-state index contributed by atoms with van der Waals surface area (Å²) in [6, 6.07) is 11.2. The number of hydrogen-bond donors (Lipinski definition) is 2. The van der Waals surface area contributed by atoms with Gasteiger partial charge in [-0.1, -0.05) is 18.2 Å². The van der Waals surface area contributed by atoms with E-state index in [1.807, 2.05) is 6.07 Å². The lowest BCUT2D eigenvalue weighted by atomic mass is 9.74. The van der Waals surface area contributed by atoms with Crippen LogP contribution in [0.5, 0.6) is 0 Å². The van der Waals surface area contributed by atoms with Crippen LogP contribution >= 0.6 is 35.3 Å². The first-order chi connectivity index (χ1) is 13.2. The molecule has 0 unspecified atom stereocenters. The smallest absolute Gasteiger partial charge is 0.191 e. The fourth-order valence-electron chi connectivity index (χ4n) is 3.45. The van der Waals surface area contributed by atoms with E-state index in [1.165, 1.54) is 10.9 Å². The topological polar surface area (TPSA) is 45.7 Å². The summed E-state index contributed by atoms with van der Waals surface area (Å²) in [5.41, 5.74) is 0.847. The predicted molar refractivity (Wildman–Crippen MR) is 126 cm³/mol. The Morgan fingerprint density at radius 2 is 2.04 bits per heavy atom. The first-order valence-electron chi connectivity index (χ1n) is 9.60. The third-order valence-corrected chi connectivity index (χ3v) is 5.95. The van der Waals surface area contributed by atoms with Gasteiger partial charge in [0.15, 0.2) is 5.96 Å². The number of halogens is 2. The number of thiophene rings is 1. The minimum atomic E-state index is -0.191. The zero-order valence-corrected chi connectivity index (χ0v) is 19.4. The molecule has 1 fully saturated rings. The summed E-state index contributed by atoms with van der Waals surface area (Å²) in [4.78, 5) is 6.21. The summed E-state index contributed by atoms with van der Waals surface area (Å²) in [5, 5.41) is 8.84. The minimum Gasteiger partial charge on any atom is -0.381 e. The number of nitrogens with zero attached hydrogens (tertiary/aromatic N) is 1. The lowest BCUT2D eigenvalue weighted by Gasteiger charge is -2.36. The van der Waals surface area contributed by atoms with Crippen LogP contribution in [0.25, 0.3) is 0 Å². The summed E-state index contributed by atoms with van der Waals surface area (Å²) in [6.45, 7) is 5.70. The molecule has 0 spiro atoms. The predicted octanol–water partition coefficient (Wildman–Crippen LogP) is 4.35. The van der Waals surface area contributed by atoms with Crippen LogP contribution in [-0.2, 0) is 16.6 Å². The Bertz CT molecular complexity index is 733. The highest BCUT2D eigenvalue weighted by Gasteiger charge is 2.34. The van der Waals surface area contributed by atoms with Crippen LogP contribution in [0, 0.1) is 5.82 Å². The summed E-state index contributed by atoms with van der Waals surface area (Å²) in [6.07, 6.45) is 2.69. The fraction of sp³-hybridized carbons (Fsp3) is 0.476. The van der Waals surface area contributed by atoms with E-state index in [2.05, 4.69) is 35.1 Å². The summed E-state index contributed by atoms with van der Waals surface area (Å²) in [5.74, 6) is 0.625. The van der Waals surface area contributed by atoms with E-state index in [0.717, 1.165) is 43.9 Å². The molecule has 0 bridgehead atoms. The van der Waals surface area contributed by atoms with Gasteiger partial charge >= 0.3 is 0 Å². The number of rotatable bonds is 7. The second-order valence-electron chi connectivity index (χ2n) is 6.85. The van der Waals surface area contributed by atoms with Crippen molar-refractivity contribution < 1.29 is 9.13 Å². The van der Waals surface area contributed by atoms with E-state index in [1.54, 1.807) is 23.5 Å². The molecule has 1 saturated heterocycles. The Balaban J connectivity index is 0.00000280. The summed E-state index contributed by atoms with van der Waals surface area (Å²) >= 11 is 1.77. The highest BCUT2D eigenvalue weighted by Crippen LogP contribution is 2.35. The Labute approximate surface area is 188 Å². The van der Waals surface area contributed by atoms with Crippen LogP contribution < -0.4 is 10.6 Å². The molecular formula is C21H29FIN3OS. The van der Waals surface area contributed by atoms with Crippen LogP contribution in [0.1, 0.15) is 30.2 Å². The molecule has 1 aromatic carbocycles. The number of aliphatic imine (C=N–C) groups is 1. The van der Waals surface area contributed by atoms with Crippen LogP contribution in [0.3, 0.4) is 0 Å². The van der Waals surface area contributed by atoms with Crippen LogP contribution in [0.2, 0.25) is 0 Å². The third-order valence-electron chi connectivity index (χ3n) is 5.01. The number of benzene rings is 1. The maximum absolute atomic E-state index is 13.8. The van der Waals surface area contributed by atoms with Crippen LogP contribution in [0.4, 0.5) is 4.39 Å². The van der Waals surface area contributed by atoms with Gasteiger partial charge in [-0.2, -0.15) is 0 Å². The van der Waals surface area contributed by atoms with E-state index in [9.17, 15) is 4.39 Å². The Morgan fingerprint density at radius 3 is 2.71 bits per heavy atom. The molecule has 0 saturated carbocycles. The van der Waals surface area contributed by atoms with Gasteiger partial charge in [-0.05, 0) is 55.3 Å². The molecule has 3 rings (SSSR count). The van der Waals surface area contributed by atoms with E-state index >= 15 is 0 Å². The highest BCUT2D eigenvalue weighted by atomic mass is 127. The van der Waals surface area contributed by atoms with Crippen molar-refractivity contribution in [1.82, 2.24) is 10.6 Å². The first kappa shape index (κ1) is 23.1. The zero-order valence-electron chi connectivity index (χ0n) is 16.2. The summed E-state index contributed by atoms with van der Waals surface area (Å²) in [7, 11) is 0. The van der Waals surface area contributed by atoms with Gasteiger partial charge in [0.25, 0.3) is 0 Å². The molecule has 154 valence electrons. The van der Waals surface area contributed by atoms with Gasteiger partial charge in [-0.15, -0.1) is 35.3 Å². The molecule has 0 aliphatic carbocycles. The lowest BCUT2D eigenvalue weighted by Crippen LogP contribution is -2.41. The van der Waals surface area contributed by atoms with Crippen molar-refractivity contribution in [2.24, 2.45) is 4.99 Å². The molecule has 0 atom stereocenters. The Morgan fingerprint density at radius 1 is 1.21 bits per heavy atom. The average Bonchev–Trinajstić information content (AvgIpc) is 3.20. The molecular weight excluding hydrogens is 488 g/mol. The normalized spacial score (nSPS) is 16.3. The van der Waals surface area contributed by atoms with Crippen molar-refractivity contribution in [3.05, 3.63) is 58.0 Å². The molecule has 0 radical (unpaired) electrons. The molecule has 7 heteroatoms. The van der Waals surface area contributed by atoms with E-state index < -0.39 is 0 Å². The maximum atomic E-state index is 13.8. The third kappa shape index (κ3) is 6.42. The number of hydrogen-bond acceptors (Lipinski definition) is 3. The molecule has 2 N–H and O–H groups in total. The van der Waals surface area contributed by atoms with Crippen molar-refractivity contribution in [2.75, 3.05) is 32.8 Å². The van der Waals surface area contributed by atoms with Crippen molar-refractivity contribution in [1.29, 1.82) is 0 Å². The summed E-state index contributed by atoms with van der Waals surface area (Å²) < 4.78 is 19.4. The second kappa shape index (κ2) is 11.7. The molecule has 1 aliphatic heterocycles. The molecule has 0 amide bonds. The first-order valence-corrected chi connectivity index (χ1v) is 10.5. The fourth-order valence-corrected chi connectivity index (χ4v) is 4.16. The monoisotopic (exact) mass is 517 g/mol. The van der Waals surface area contributed by atoms with Gasteiger partial charge in [0.05, 0.1) is 6.54 Å². The highest BCUT2D eigenvalue weighted by molar-refractivity contribution is 14.0. The van der Waals surface area contributed by atoms with Crippen molar-refractivity contribution in [3.8, 4) is 0 Å². The Hall–Kier alpha value is -1.19. The van der Waals surface area contributed by atoms with Gasteiger partial charge in [0.1, 0.15) is 5.82 Å². The standard InChI is InChI=1S/C21H28FN3OS.HI/c1-2-23-20(24-11-8-19-7-4-14-27-19)25-16-21(9-12-26-13-10-21)17-5-3-6-18(22)15-17;/h3-7,14-15H,2,8-13,16H2,1H3,(H2,23,24,25);1H. The molecule has 2 aromatic rings. The maximum Gasteiger partial charge on any atom is 0.191 e. The van der Waals surface area contributed by atoms with E-state index in [0.29, 0.717) is 19.8 Å². The van der Waals surface area contributed by atoms with Crippen LogP contribution in [0.15, 0.2) is 46.8 Å². The minimum absolute atomic E-state index is 0. The molecule has 1 aromatic heterocycles. The average molecular weight is 517 g/mol. The molecule has 1 aliphatic rings. The number of ether oxygens (including phenoxy) is 1. The van der Waals surface area contributed by atoms with Crippen molar-refractivity contribution in [2.45, 2.75) is 31.6 Å². The van der Waals surface area contributed by atoms with Gasteiger partial charge in [-0.3, -0.25) is 4.99 Å². The quantitative estimate of drug-likeness (QED) is 0.326. The number of nitrogens with one attached hydrogen (secondary N) is 2. The zero-order chi connectivity index (χ0) is 19.0. The van der Waals surface area contributed by atoms with Crippen LogP contribution in [-0.4, -0.2) is 38.8 Å². The van der Waals surface area contributed by atoms with Crippen molar-refractivity contribution >= 4 is 41.3 Å². The lowest BCUT2D eigenvalue weighted by molar-refractivity contribution is 0.0530. The van der Waals surface area contributed by atoms with E-state index in [4.69, 9.17) is 9.73 Å².